The molecule has 0 aliphatic heterocycles. The molecule has 1 unspecified atom stereocenters. The normalized spacial score (nSPS) is 11.2. The Kier molecular flexibility index (Phi) is 7.67. The second kappa shape index (κ2) is 9.60. The Morgan fingerprint density at radius 1 is 1.00 bits per heavy atom. The van der Waals surface area contributed by atoms with Crippen LogP contribution in [0.1, 0.15) is 44.1 Å². The van der Waals surface area contributed by atoms with Gasteiger partial charge in [0, 0.05) is 12.0 Å². The van der Waals surface area contributed by atoms with Crippen LogP contribution in [0.25, 0.3) is 0 Å². The first-order valence-corrected chi connectivity index (χ1v) is 7.11. The highest BCUT2D eigenvalue weighted by Gasteiger charge is 2.13. The molecule has 2 N–H and O–H groups in total. The monoisotopic (exact) mass is 288 g/mol. The van der Waals surface area contributed by atoms with E-state index in [0.29, 0.717) is 12.8 Å². The highest BCUT2D eigenvalue weighted by Crippen LogP contribution is 2.12. The summed E-state index contributed by atoms with van der Waals surface area (Å²) in [6, 6.07) is 9.30. The lowest BCUT2D eigenvalue weighted by Gasteiger charge is -2.05. The average molecular weight is 288 g/mol. The summed E-state index contributed by atoms with van der Waals surface area (Å²) >= 11 is 0. The molecule has 1 aromatic carbocycles. The van der Waals surface area contributed by atoms with E-state index in [1.165, 1.54) is 0 Å². The minimum atomic E-state index is -0.899. The molecule has 1 aromatic rings. The van der Waals surface area contributed by atoms with E-state index >= 15 is 0 Å². The van der Waals surface area contributed by atoms with Crippen LogP contribution in [0.5, 0.6) is 0 Å². The second-order valence-corrected chi connectivity index (χ2v) is 4.87. The summed E-state index contributed by atoms with van der Waals surface area (Å²) < 4.78 is 0. The van der Waals surface area contributed by atoms with E-state index in [4.69, 9.17) is 10.2 Å². The van der Waals surface area contributed by atoms with Crippen LogP contribution in [0.4, 0.5) is 0 Å². The fraction of sp³-hybridized carbons (Fsp3) is 0.412. The predicted octanol–water partition coefficient (Wildman–Crippen LogP) is 3.16. The van der Waals surface area contributed by atoms with E-state index < -0.39 is 17.9 Å². The van der Waals surface area contributed by atoms with Gasteiger partial charge in [-0.25, -0.2) is 0 Å². The molecule has 21 heavy (non-hydrogen) atoms. The Hall–Kier alpha value is -2.28. The molecule has 4 heteroatoms. The molecule has 0 amide bonds. The lowest BCUT2D eigenvalue weighted by Crippen LogP contribution is -2.11. The number of hydrogen-bond acceptors (Lipinski definition) is 2. The molecule has 0 saturated heterocycles. The van der Waals surface area contributed by atoms with Crippen molar-refractivity contribution in [3.63, 3.8) is 0 Å². The summed E-state index contributed by atoms with van der Waals surface area (Å²) in [5.41, 5.74) is 0.810. The largest absolute Gasteiger partial charge is 0.481 e. The Labute approximate surface area is 124 Å². The zero-order valence-electron chi connectivity index (χ0n) is 11.9. The van der Waals surface area contributed by atoms with E-state index in [9.17, 15) is 9.59 Å². The minimum absolute atomic E-state index is 0.177. The van der Waals surface area contributed by atoms with Gasteiger partial charge in [0.2, 0.25) is 0 Å². The van der Waals surface area contributed by atoms with Crippen molar-refractivity contribution in [2.75, 3.05) is 0 Å². The molecule has 0 fully saturated rings. The average Bonchev–Trinajstić information content (AvgIpc) is 2.46. The Morgan fingerprint density at radius 3 is 2.29 bits per heavy atom. The van der Waals surface area contributed by atoms with Crippen LogP contribution in [0.15, 0.2) is 30.3 Å². The zero-order valence-corrected chi connectivity index (χ0v) is 11.9. The lowest BCUT2D eigenvalue weighted by atomic mass is 10.0. The smallest absolute Gasteiger partial charge is 0.318 e. The highest BCUT2D eigenvalue weighted by atomic mass is 16.4. The van der Waals surface area contributed by atoms with Crippen LogP contribution in [0, 0.1) is 17.8 Å². The summed E-state index contributed by atoms with van der Waals surface area (Å²) in [6.07, 6.45) is 3.72. The third-order valence-electron chi connectivity index (χ3n) is 3.10. The van der Waals surface area contributed by atoms with Crippen molar-refractivity contribution < 1.29 is 19.8 Å². The molecule has 1 atom stereocenters. The van der Waals surface area contributed by atoms with Gasteiger partial charge in [-0.15, -0.1) is 0 Å². The fourth-order valence-electron chi connectivity index (χ4n) is 1.93. The summed E-state index contributed by atoms with van der Waals surface area (Å²) in [4.78, 5) is 21.5. The molecular weight excluding hydrogens is 268 g/mol. The van der Waals surface area contributed by atoms with Gasteiger partial charge in [-0.1, -0.05) is 49.3 Å². The number of aliphatic carboxylic acids is 2. The topological polar surface area (TPSA) is 74.6 Å². The van der Waals surface area contributed by atoms with Crippen LogP contribution in [0.3, 0.4) is 0 Å². The van der Waals surface area contributed by atoms with E-state index in [-0.39, 0.29) is 6.42 Å². The zero-order chi connectivity index (χ0) is 15.5. The molecule has 0 saturated carbocycles. The van der Waals surface area contributed by atoms with Gasteiger partial charge >= 0.3 is 11.9 Å². The Bertz CT molecular complexity index is 511. The first-order valence-electron chi connectivity index (χ1n) is 7.11. The van der Waals surface area contributed by atoms with Gasteiger partial charge in [-0.2, -0.15) is 0 Å². The summed E-state index contributed by atoms with van der Waals surface area (Å²) in [7, 11) is 0. The molecule has 0 aliphatic rings. The van der Waals surface area contributed by atoms with Crippen LogP contribution < -0.4 is 0 Å². The molecule has 0 aromatic heterocycles. The maximum absolute atomic E-state index is 11.1. The van der Waals surface area contributed by atoms with E-state index in [1.807, 2.05) is 30.3 Å². The standard InChI is InChI=1S/C17H20O4/c18-16(19)11-7-2-1-6-10-15(17(20)21)13-12-14-8-4-3-5-9-14/h3-5,8-9,15H,1-2,6-7,10-11H2,(H,18,19)(H,20,21). The minimum Gasteiger partial charge on any atom is -0.481 e. The SMILES string of the molecule is O=C(O)CCCCCCC(C#Cc1ccccc1)C(=O)O. The first-order chi connectivity index (χ1) is 10.1. The summed E-state index contributed by atoms with van der Waals surface area (Å²) in [5.74, 6) is 3.34. The lowest BCUT2D eigenvalue weighted by molar-refractivity contribution is -0.140. The van der Waals surface area contributed by atoms with Crippen molar-refractivity contribution in [3.8, 4) is 11.8 Å². The molecule has 1 rings (SSSR count). The van der Waals surface area contributed by atoms with Crippen LogP contribution >= 0.6 is 0 Å². The first kappa shape index (κ1) is 16.8. The third kappa shape index (κ3) is 7.78. The van der Waals surface area contributed by atoms with Crippen LogP contribution in [-0.4, -0.2) is 22.2 Å². The summed E-state index contributed by atoms with van der Waals surface area (Å²) in [5, 5.41) is 17.7. The molecule has 4 nitrogen and oxygen atoms in total. The quantitative estimate of drug-likeness (QED) is 0.569. The van der Waals surface area contributed by atoms with Crippen molar-refractivity contribution in [3.05, 3.63) is 35.9 Å². The molecule has 0 radical (unpaired) electrons. The van der Waals surface area contributed by atoms with Crippen molar-refractivity contribution in [2.24, 2.45) is 5.92 Å². The predicted molar refractivity (Wildman–Crippen MR) is 79.8 cm³/mol. The van der Waals surface area contributed by atoms with Gasteiger partial charge < -0.3 is 10.2 Å². The number of carboxylic acids is 2. The molecular formula is C17H20O4. The van der Waals surface area contributed by atoms with Gasteiger partial charge in [0.25, 0.3) is 0 Å². The maximum atomic E-state index is 11.1. The van der Waals surface area contributed by atoms with Crippen molar-refractivity contribution >= 4 is 11.9 Å². The highest BCUT2D eigenvalue weighted by molar-refractivity contribution is 5.73. The van der Waals surface area contributed by atoms with Crippen LogP contribution in [-0.2, 0) is 9.59 Å². The van der Waals surface area contributed by atoms with Gasteiger partial charge in [-0.05, 0) is 25.0 Å². The number of unbranched alkanes of at least 4 members (excludes halogenated alkanes) is 3. The van der Waals surface area contributed by atoms with Gasteiger partial charge in [0.1, 0.15) is 5.92 Å². The van der Waals surface area contributed by atoms with E-state index in [0.717, 1.165) is 24.8 Å². The fourth-order valence-corrected chi connectivity index (χ4v) is 1.93. The maximum Gasteiger partial charge on any atom is 0.318 e. The molecule has 0 aliphatic carbocycles. The van der Waals surface area contributed by atoms with Gasteiger partial charge in [0.05, 0.1) is 0 Å². The van der Waals surface area contributed by atoms with Crippen molar-refractivity contribution in [2.45, 2.75) is 38.5 Å². The third-order valence-corrected chi connectivity index (χ3v) is 3.10. The number of rotatable bonds is 8. The van der Waals surface area contributed by atoms with E-state index in [1.54, 1.807) is 0 Å². The van der Waals surface area contributed by atoms with Crippen LogP contribution in [0.2, 0.25) is 0 Å². The Morgan fingerprint density at radius 2 is 1.67 bits per heavy atom. The summed E-state index contributed by atoms with van der Waals surface area (Å²) in [6.45, 7) is 0. The molecule has 112 valence electrons. The van der Waals surface area contributed by atoms with Gasteiger partial charge in [0.15, 0.2) is 0 Å². The molecule has 0 bridgehead atoms. The number of benzene rings is 1. The van der Waals surface area contributed by atoms with Crippen molar-refractivity contribution in [1.82, 2.24) is 0 Å². The second-order valence-electron chi connectivity index (χ2n) is 4.87. The van der Waals surface area contributed by atoms with Crippen molar-refractivity contribution in [1.29, 1.82) is 0 Å². The van der Waals surface area contributed by atoms with E-state index in [2.05, 4.69) is 11.8 Å². The Balaban J connectivity index is 2.36. The molecule has 0 spiro atoms. The number of carboxylic acid groups (broad SMARTS) is 2. The molecule has 0 heterocycles. The number of carbonyl (C=O) groups is 2. The van der Waals surface area contributed by atoms with Gasteiger partial charge in [-0.3, -0.25) is 9.59 Å². The number of hydrogen-bond donors (Lipinski definition) is 2.